The maximum Gasteiger partial charge on any atom is 0.409 e. The van der Waals surface area contributed by atoms with Gasteiger partial charge in [0.15, 0.2) is 0 Å². The van der Waals surface area contributed by atoms with E-state index in [-0.39, 0.29) is 18.6 Å². The lowest BCUT2D eigenvalue weighted by molar-refractivity contribution is -0.151. The van der Waals surface area contributed by atoms with Crippen LogP contribution in [0.15, 0.2) is 12.1 Å². The molecule has 202 valence electrons. The Kier molecular flexibility index (Phi) is 8.31. The summed E-state index contributed by atoms with van der Waals surface area (Å²) in [5, 5.41) is 18.1. The number of rotatable bonds is 10. The average molecular weight is 516 g/mol. The van der Waals surface area contributed by atoms with Gasteiger partial charge in [-0.3, -0.25) is 4.79 Å². The van der Waals surface area contributed by atoms with Crippen molar-refractivity contribution < 1.29 is 28.9 Å². The van der Waals surface area contributed by atoms with Crippen molar-refractivity contribution in [1.29, 1.82) is 0 Å². The lowest BCUT2D eigenvalue weighted by Crippen LogP contribution is -2.38. The van der Waals surface area contributed by atoms with Crippen molar-refractivity contribution in [2.45, 2.75) is 71.0 Å². The molecule has 1 saturated carbocycles. The van der Waals surface area contributed by atoms with Crippen LogP contribution in [-0.2, 0) is 27.9 Å². The number of amides is 1. The largest absolute Gasteiger partial charge is 0.488 e. The minimum atomic E-state index is -0.785. The second-order valence-electron chi connectivity index (χ2n) is 10.4. The number of carboxylic acids is 1. The molecule has 1 aliphatic heterocycles. The summed E-state index contributed by atoms with van der Waals surface area (Å²) in [6.45, 7) is 5.60. The standard InChI is InChI=1S/C26H37N5O6/c1-5-6-12-30(3)25(34)36-16-20-23(28-29-31(20)4)19-9-10-21(22(27-19)17-14-35-15-17)37-18-8-7-11-26(2,13-18)24(32)33/h9-10,17-18H,5-8,11-16H2,1-4H3,(H,32,33)/t18-,26-/m0/s1. The summed E-state index contributed by atoms with van der Waals surface area (Å²) in [5.41, 5.74) is 1.76. The van der Waals surface area contributed by atoms with Crippen molar-refractivity contribution in [3.63, 3.8) is 0 Å². The van der Waals surface area contributed by atoms with Crippen molar-refractivity contribution in [3.05, 3.63) is 23.5 Å². The van der Waals surface area contributed by atoms with Crippen molar-refractivity contribution >= 4 is 12.1 Å². The first-order valence-electron chi connectivity index (χ1n) is 13.0. The molecular formula is C26H37N5O6. The maximum atomic E-state index is 12.4. The lowest BCUT2D eigenvalue weighted by atomic mass is 9.74. The number of hydrogen-bond acceptors (Lipinski definition) is 8. The van der Waals surface area contributed by atoms with E-state index in [9.17, 15) is 14.7 Å². The molecule has 4 rings (SSSR count). The van der Waals surface area contributed by atoms with Crippen molar-refractivity contribution in [2.24, 2.45) is 12.5 Å². The summed E-state index contributed by atoms with van der Waals surface area (Å²) < 4.78 is 18.9. The third-order valence-corrected chi connectivity index (χ3v) is 7.33. The fourth-order valence-electron chi connectivity index (χ4n) is 4.75. The fourth-order valence-corrected chi connectivity index (χ4v) is 4.75. The van der Waals surface area contributed by atoms with Crippen LogP contribution in [0.5, 0.6) is 5.75 Å². The summed E-state index contributed by atoms with van der Waals surface area (Å²) in [6, 6.07) is 3.69. The summed E-state index contributed by atoms with van der Waals surface area (Å²) >= 11 is 0. The Morgan fingerprint density at radius 3 is 2.78 bits per heavy atom. The molecule has 1 saturated heterocycles. The minimum Gasteiger partial charge on any atom is -0.488 e. The zero-order chi connectivity index (χ0) is 26.6. The first kappa shape index (κ1) is 26.8. The van der Waals surface area contributed by atoms with E-state index in [0.717, 1.165) is 31.4 Å². The van der Waals surface area contributed by atoms with E-state index in [1.807, 2.05) is 12.1 Å². The molecule has 2 fully saturated rings. The SMILES string of the molecule is CCCCN(C)C(=O)OCc1c(-c2ccc(O[C@H]3CCC[C@](C)(C(=O)O)C3)c(C3COC3)n2)nnn1C. The number of aromatic nitrogens is 4. The number of carboxylic acid groups (broad SMARTS) is 1. The van der Waals surface area contributed by atoms with Crippen LogP contribution in [0.2, 0.25) is 0 Å². The van der Waals surface area contributed by atoms with Crippen molar-refractivity contribution in [1.82, 2.24) is 24.9 Å². The van der Waals surface area contributed by atoms with Crippen LogP contribution in [0.25, 0.3) is 11.4 Å². The van der Waals surface area contributed by atoms with E-state index < -0.39 is 17.5 Å². The highest BCUT2D eigenvalue weighted by molar-refractivity contribution is 5.74. The number of unbranched alkanes of at least 4 members (excludes halogenated alkanes) is 1. The molecule has 2 atom stereocenters. The number of aliphatic carboxylic acids is 1. The monoisotopic (exact) mass is 515 g/mol. The van der Waals surface area contributed by atoms with Crippen LogP contribution < -0.4 is 4.74 Å². The number of carbonyl (C=O) groups excluding carboxylic acids is 1. The molecule has 0 aromatic carbocycles. The van der Waals surface area contributed by atoms with Gasteiger partial charge in [-0.2, -0.15) is 0 Å². The molecule has 3 heterocycles. The highest BCUT2D eigenvalue weighted by Crippen LogP contribution is 2.40. The minimum absolute atomic E-state index is 0.0196. The van der Waals surface area contributed by atoms with E-state index in [0.29, 0.717) is 55.4 Å². The number of carbonyl (C=O) groups is 2. The Bertz CT molecular complexity index is 1120. The van der Waals surface area contributed by atoms with E-state index in [1.165, 1.54) is 0 Å². The second-order valence-corrected chi connectivity index (χ2v) is 10.4. The molecule has 2 aliphatic rings. The zero-order valence-electron chi connectivity index (χ0n) is 22.1. The molecule has 1 N–H and O–H groups in total. The molecule has 0 radical (unpaired) electrons. The van der Waals surface area contributed by atoms with Gasteiger partial charge < -0.3 is 24.2 Å². The molecule has 0 unspecified atom stereocenters. The molecule has 0 spiro atoms. The molecule has 0 bridgehead atoms. The third kappa shape index (κ3) is 6.03. The highest BCUT2D eigenvalue weighted by atomic mass is 16.6. The second kappa shape index (κ2) is 11.5. The Morgan fingerprint density at radius 2 is 2.11 bits per heavy atom. The van der Waals surface area contributed by atoms with Gasteiger partial charge in [-0.05, 0) is 44.7 Å². The van der Waals surface area contributed by atoms with Gasteiger partial charge in [-0.15, -0.1) is 5.10 Å². The topological polar surface area (TPSA) is 129 Å². The Hall–Kier alpha value is -3.21. The first-order valence-corrected chi connectivity index (χ1v) is 13.0. The number of pyridine rings is 1. The van der Waals surface area contributed by atoms with Crippen molar-refractivity contribution in [2.75, 3.05) is 26.8 Å². The third-order valence-electron chi connectivity index (χ3n) is 7.33. The van der Waals surface area contributed by atoms with E-state index in [2.05, 4.69) is 17.2 Å². The summed E-state index contributed by atoms with van der Waals surface area (Å²) in [4.78, 5) is 30.6. The number of ether oxygens (including phenoxy) is 3. The Labute approximate surface area is 217 Å². The van der Waals surface area contributed by atoms with Crippen LogP contribution in [0.1, 0.15) is 69.7 Å². The van der Waals surface area contributed by atoms with E-state index in [1.54, 1.807) is 30.6 Å². The van der Waals surface area contributed by atoms with Crippen LogP contribution in [0, 0.1) is 5.41 Å². The number of hydrogen-bond donors (Lipinski definition) is 1. The van der Waals surface area contributed by atoms with Crippen LogP contribution in [0.3, 0.4) is 0 Å². The van der Waals surface area contributed by atoms with E-state index in [4.69, 9.17) is 19.2 Å². The molecule has 1 amide bonds. The smallest absolute Gasteiger partial charge is 0.409 e. The van der Waals surface area contributed by atoms with Gasteiger partial charge in [-0.1, -0.05) is 18.6 Å². The Balaban J connectivity index is 1.53. The Morgan fingerprint density at radius 1 is 1.32 bits per heavy atom. The zero-order valence-corrected chi connectivity index (χ0v) is 22.1. The van der Waals surface area contributed by atoms with Gasteiger partial charge in [0.1, 0.15) is 23.7 Å². The quantitative estimate of drug-likeness (QED) is 0.503. The van der Waals surface area contributed by atoms with Gasteiger partial charge in [0.2, 0.25) is 0 Å². The fraction of sp³-hybridized carbons (Fsp3) is 0.654. The molecular weight excluding hydrogens is 478 g/mol. The van der Waals surface area contributed by atoms with Gasteiger partial charge in [-0.25, -0.2) is 14.5 Å². The first-order chi connectivity index (χ1) is 17.7. The van der Waals surface area contributed by atoms with Crippen molar-refractivity contribution in [3.8, 4) is 17.1 Å². The molecule has 11 heteroatoms. The molecule has 2 aromatic heterocycles. The number of aryl methyl sites for hydroxylation is 1. The normalized spacial score (nSPS) is 21.8. The predicted molar refractivity (Wildman–Crippen MR) is 134 cm³/mol. The van der Waals surface area contributed by atoms with Gasteiger partial charge in [0.05, 0.1) is 42.0 Å². The van der Waals surface area contributed by atoms with E-state index >= 15 is 0 Å². The highest BCUT2D eigenvalue weighted by Gasteiger charge is 2.40. The summed E-state index contributed by atoms with van der Waals surface area (Å²) in [6.07, 6.45) is 4.02. The van der Waals surface area contributed by atoms with Crippen LogP contribution in [-0.4, -0.2) is 75.0 Å². The van der Waals surface area contributed by atoms with Crippen LogP contribution in [0.4, 0.5) is 4.79 Å². The average Bonchev–Trinajstić information content (AvgIpc) is 3.21. The molecule has 11 nitrogen and oxygen atoms in total. The lowest BCUT2D eigenvalue weighted by Gasteiger charge is -2.35. The molecule has 37 heavy (non-hydrogen) atoms. The van der Waals surface area contributed by atoms with Crippen LogP contribution >= 0.6 is 0 Å². The summed E-state index contributed by atoms with van der Waals surface area (Å²) in [5.74, 6) is -0.0602. The molecule has 2 aromatic rings. The van der Waals surface area contributed by atoms with Gasteiger partial charge in [0.25, 0.3) is 0 Å². The van der Waals surface area contributed by atoms with Gasteiger partial charge in [0, 0.05) is 27.1 Å². The summed E-state index contributed by atoms with van der Waals surface area (Å²) in [7, 11) is 3.47. The number of nitrogens with zero attached hydrogens (tertiary/aromatic N) is 5. The molecule has 1 aliphatic carbocycles. The van der Waals surface area contributed by atoms with Gasteiger partial charge >= 0.3 is 12.1 Å². The predicted octanol–water partition coefficient (Wildman–Crippen LogP) is 3.77. The maximum absolute atomic E-state index is 12.4.